The molecule has 8 heteroatoms. The summed E-state index contributed by atoms with van der Waals surface area (Å²) in [4.78, 5) is 36.6. The molecule has 0 aliphatic carbocycles. The van der Waals surface area contributed by atoms with Crippen molar-refractivity contribution in [1.82, 2.24) is 9.88 Å². The van der Waals surface area contributed by atoms with E-state index in [1.807, 2.05) is 54.8 Å². The number of cyclic esters (lactones) is 1. The zero-order valence-electron chi connectivity index (χ0n) is 19.4. The van der Waals surface area contributed by atoms with Crippen molar-refractivity contribution in [3.63, 3.8) is 0 Å². The van der Waals surface area contributed by atoms with Crippen LogP contribution in [0.15, 0.2) is 67.0 Å². The molecule has 2 N–H and O–H groups in total. The number of rotatable bonds is 7. The van der Waals surface area contributed by atoms with Gasteiger partial charge in [0.15, 0.2) is 0 Å². The Balaban J connectivity index is 1.54. The maximum Gasteiger partial charge on any atom is 0.329 e. The van der Waals surface area contributed by atoms with Gasteiger partial charge in [0, 0.05) is 23.5 Å². The number of aromatic nitrogens is 1. The third-order valence-electron chi connectivity index (χ3n) is 6.22. The zero-order chi connectivity index (χ0) is 25.2. The summed E-state index contributed by atoms with van der Waals surface area (Å²) < 4.78 is 6.89. The molecular formula is C27H25N3O5. The number of ether oxygens (including phenoxy) is 1. The van der Waals surface area contributed by atoms with Crippen LogP contribution in [-0.2, 0) is 19.1 Å². The number of carbonyl (C=O) groups excluding carboxylic acids is 2. The Morgan fingerprint density at radius 2 is 1.77 bits per heavy atom. The van der Waals surface area contributed by atoms with Gasteiger partial charge in [-0.25, -0.2) is 4.79 Å². The van der Waals surface area contributed by atoms with Gasteiger partial charge in [0.1, 0.15) is 6.04 Å². The molecule has 1 fully saturated rings. The fourth-order valence-electron chi connectivity index (χ4n) is 4.12. The van der Waals surface area contributed by atoms with E-state index >= 15 is 0 Å². The molecule has 8 nitrogen and oxygen atoms in total. The van der Waals surface area contributed by atoms with Gasteiger partial charge in [0.2, 0.25) is 5.91 Å². The molecule has 3 aromatic rings. The fraction of sp³-hybridized carbons (Fsp3) is 0.259. The minimum atomic E-state index is -1.11. The third-order valence-corrected chi connectivity index (χ3v) is 6.22. The van der Waals surface area contributed by atoms with E-state index in [1.165, 1.54) is 0 Å². The molecule has 1 amide bonds. The average molecular weight is 472 g/mol. The van der Waals surface area contributed by atoms with Gasteiger partial charge in [-0.2, -0.15) is 5.26 Å². The van der Waals surface area contributed by atoms with E-state index in [2.05, 4.69) is 11.4 Å². The second-order valence-corrected chi connectivity index (χ2v) is 9.28. The Morgan fingerprint density at radius 1 is 1.14 bits per heavy atom. The van der Waals surface area contributed by atoms with Crippen LogP contribution >= 0.6 is 0 Å². The number of nitrogens with zero attached hydrogens (tertiary/aromatic N) is 2. The smallest absolute Gasteiger partial charge is 0.329 e. The summed E-state index contributed by atoms with van der Waals surface area (Å²) in [7, 11) is 0. The van der Waals surface area contributed by atoms with Crippen LogP contribution in [-0.4, -0.2) is 40.2 Å². The highest BCUT2D eigenvalue weighted by Crippen LogP contribution is 2.30. The number of carboxylic acid groups (broad SMARTS) is 1. The van der Waals surface area contributed by atoms with Crippen LogP contribution < -0.4 is 5.32 Å². The number of benzene rings is 2. The molecule has 0 bridgehead atoms. The predicted octanol–water partition coefficient (Wildman–Crippen LogP) is 3.64. The largest absolute Gasteiger partial charge is 0.481 e. The minimum absolute atomic E-state index is 0.190. The lowest BCUT2D eigenvalue weighted by Crippen LogP contribution is -2.48. The number of esters is 1. The van der Waals surface area contributed by atoms with E-state index < -0.39 is 41.6 Å². The van der Waals surface area contributed by atoms with E-state index in [0.717, 1.165) is 16.8 Å². The molecule has 2 atom stereocenters. The number of amides is 1. The van der Waals surface area contributed by atoms with E-state index in [9.17, 15) is 19.5 Å². The summed E-state index contributed by atoms with van der Waals surface area (Å²) in [5.74, 6) is -3.12. The molecule has 1 aliphatic rings. The molecular weight excluding hydrogens is 446 g/mol. The van der Waals surface area contributed by atoms with Crippen molar-refractivity contribution in [2.24, 2.45) is 5.41 Å². The minimum Gasteiger partial charge on any atom is -0.481 e. The number of aliphatic carboxylic acids is 1. The maximum absolute atomic E-state index is 13.0. The van der Waals surface area contributed by atoms with Crippen molar-refractivity contribution in [1.29, 1.82) is 5.26 Å². The van der Waals surface area contributed by atoms with Crippen molar-refractivity contribution in [3.05, 3.63) is 78.1 Å². The molecule has 2 aromatic carbocycles. The molecule has 0 radical (unpaired) electrons. The quantitative estimate of drug-likeness (QED) is 0.508. The van der Waals surface area contributed by atoms with E-state index in [4.69, 9.17) is 10.00 Å². The highest BCUT2D eigenvalue weighted by atomic mass is 16.5. The van der Waals surface area contributed by atoms with Crippen LogP contribution in [0.1, 0.15) is 37.3 Å². The molecule has 0 spiro atoms. The highest BCUT2D eigenvalue weighted by Gasteiger charge is 2.45. The van der Waals surface area contributed by atoms with Gasteiger partial charge in [-0.3, -0.25) is 9.59 Å². The Labute approximate surface area is 202 Å². The van der Waals surface area contributed by atoms with Gasteiger partial charge in [-0.1, -0.05) is 38.1 Å². The summed E-state index contributed by atoms with van der Waals surface area (Å²) in [6, 6.07) is 18.0. The van der Waals surface area contributed by atoms with Crippen LogP contribution in [0, 0.1) is 16.7 Å². The molecule has 4 rings (SSSR count). The van der Waals surface area contributed by atoms with E-state index in [1.54, 1.807) is 30.6 Å². The second kappa shape index (κ2) is 9.47. The fourth-order valence-corrected chi connectivity index (χ4v) is 4.12. The highest BCUT2D eigenvalue weighted by molar-refractivity contribution is 5.92. The number of carbonyl (C=O) groups is 3. The predicted molar refractivity (Wildman–Crippen MR) is 128 cm³/mol. The first kappa shape index (κ1) is 23.8. The SMILES string of the molecule is CC1(C)COC(=O)C1NC(=O)C(CC(=O)O)c1ccn(-c2ccc(-c3ccc(C#N)cc3)cc2)c1. The van der Waals surface area contributed by atoms with Crippen molar-refractivity contribution in [2.75, 3.05) is 6.61 Å². The topological polar surface area (TPSA) is 121 Å². The molecule has 0 saturated carbocycles. The molecule has 2 unspecified atom stereocenters. The summed E-state index contributed by atoms with van der Waals surface area (Å²) in [5.41, 5.74) is 3.35. The van der Waals surface area contributed by atoms with Crippen molar-refractivity contribution < 1.29 is 24.2 Å². The number of hydrogen-bond donors (Lipinski definition) is 2. The van der Waals surface area contributed by atoms with Gasteiger partial charge in [0.25, 0.3) is 0 Å². The first-order valence-corrected chi connectivity index (χ1v) is 11.2. The van der Waals surface area contributed by atoms with E-state index in [-0.39, 0.29) is 6.61 Å². The third kappa shape index (κ3) is 5.09. The van der Waals surface area contributed by atoms with Gasteiger partial charge >= 0.3 is 11.9 Å². The van der Waals surface area contributed by atoms with Crippen molar-refractivity contribution >= 4 is 17.8 Å². The number of nitrogens with one attached hydrogen (secondary N) is 1. The van der Waals surface area contributed by atoms with Crippen LogP contribution in [0.25, 0.3) is 16.8 Å². The lowest BCUT2D eigenvalue weighted by Gasteiger charge is -2.24. The van der Waals surface area contributed by atoms with Crippen molar-refractivity contribution in [3.8, 4) is 22.9 Å². The molecule has 178 valence electrons. The summed E-state index contributed by atoms with van der Waals surface area (Å²) in [6.07, 6.45) is 3.08. The molecule has 1 saturated heterocycles. The zero-order valence-corrected chi connectivity index (χ0v) is 19.4. The molecule has 1 aliphatic heterocycles. The van der Waals surface area contributed by atoms with E-state index in [0.29, 0.717) is 11.1 Å². The number of nitriles is 1. The summed E-state index contributed by atoms with van der Waals surface area (Å²) in [5, 5.41) is 21.1. The lowest BCUT2D eigenvalue weighted by molar-refractivity contribution is -0.142. The Morgan fingerprint density at radius 3 is 2.31 bits per heavy atom. The van der Waals surface area contributed by atoms with Gasteiger partial charge in [0.05, 0.1) is 30.6 Å². The number of carboxylic acids is 1. The standard InChI is InChI=1S/C27H25N3O5/c1-27(2)16-35-26(34)24(27)29-25(33)22(13-23(31)32)20-11-12-30(15-20)21-9-7-19(8-10-21)18-5-3-17(14-28)4-6-18/h3-12,15,22,24H,13,16H2,1-2H3,(H,29,33)(H,31,32). The van der Waals surface area contributed by atoms with Crippen LogP contribution in [0.2, 0.25) is 0 Å². The molecule has 1 aromatic heterocycles. The summed E-state index contributed by atoms with van der Waals surface area (Å²) in [6.45, 7) is 3.81. The van der Waals surface area contributed by atoms with Crippen LogP contribution in [0.3, 0.4) is 0 Å². The normalized spacial score (nSPS) is 17.3. The Hall–Kier alpha value is -4.38. The van der Waals surface area contributed by atoms with Gasteiger partial charge in [-0.15, -0.1) is 0 Å². The Kier molecular flexibility index (Phi) is 6.43. The van der Waals surface area contributed by atoms with Gasteiger partial charge < -0.3 is 19.7 Å². The monoisotopic (exact) mass is 471 g/mol. The Bertz CT molecular complexity index is 1300. The lowest BCUT2D eigenvalue weighted by atomic mass is 9.86. The van der Waals surface area contributed by atoms with Crippen LogP contribution in [0.4, 0.5) is 0 Å². The van der Waals surface area contributed by atoms with Gasteiger partial charge in [-0.05, 0) is 47.0 Å². The van der Waals surface area contributed by atoms with Crippen LogP contribution in [0.5, 0.6) is 0 Å². The first-order chi connectivity index (χ1) is 16.7. The number of hydrogen-bond acceptors (Lipinski definition) is 5. The molecule has 35 heavy (non-hydrogen) atoms. The molecule has 2 heterocycles. The van der Waals surface area contributed by atoms with Crippen molar-refractivity contribution in [2.45, 2.75) is 32.2 Å². The second-order valence-electron chi connectivity index (χ2n) is 9.28. The first-order valence-electron chi connectivity index (χ1n) is 11.2. The summed E-state index contributed by atoms with van der Waals surface area (Å²) >= 11 is 0. The average Bonchev–Trinajstić information content (AvgIpc) is 3.43. The maximum atomic E-state index is 13.0.